The molecule has 4 aromatic rings. The summed E-state index contributed by atoms with van der Waals surface area (Å²) in [6, 6.07) is 4.54. The highest BCUT2D eigenvalue weighted by Crippen LogP contribution is 2.38. The van der Waals surface area contributed by atoms with E-state index in [2.05, 4.69) is 15.1 Å². The van der Waals surface area contributed by atoms with Gasteiger partial charge in [0.15, 0.2) is 5.65 Å². The van der Waals surface area contributed by atoms with Gasteiger partial charge in [0.05, 0.1) is 23.7 Å². The second kappa shape index (κ2) is 9.32. The van der Waals surface area contributed by atoms with E-state index in [9.17, 15) is 4.39 Å². The average molecular weight is 483 g/mol. The number of rotatable bonds is 5. The summed E-state index contributed by atoms with van der Waals surface area (Å²) in [5.74, 6) is 0.146. The first-order valence-corrected chi connectivity index (χ1v) is 11.4. The van der Waals surface area contributed by atoms with Gasteiger partial charge in [-0.3, -0.25) is 0 Å². The minimum Gasteiger partial charge on any atom is -0.373 e. The van der Waals surface area contributed by atoms with E-state index in [4.69, 9.17) is 31.0 Å². The lowest BCUT2D eigenvalue weighted by Gasteiger charge is -2.28. The minimum absolute atomic E-state index is 0.00597. The van der Waals surface area contributed by atoms with Crippen LogP contribution < -0.4 is 0 Å². The Hall–Kier alpha value is -3.01. The number of nitrogens with zero attached hydrogens (tertiary/aromatic N) is 6. The number of aryl methyl sites for hydroxylation is 2. The van der Waals surface area contributed by atoms with Gasteiger partial charge in [0.25, 0.3) is 0 Å². The van der Waals surface area contributed by atoms with Gasteiger partial charge in [-0.2, -0.15) is 5.10 Å². The van der Waals surface area contributed by atoms with Crippen LogP contribution in [0, 0.1) is 19.7 Å². The van der Waals surface area contributed by atoms with Crippen LogP contribution in [0.3, 0.4) is 0 Å². The largest absolute Gasteiger partial charge is 0.373 e. The second-order valence-corrected chi connectivity index (χ2v) is 8.87. The topological polar surface area (TPSA) is 87.8 Å². The summed E-state index contributed by atoms with van der Waals surface area (Å²) >= 11 is 5.99. The first-order chi connectivity index (χ1) is 16.4. The summed E-state index contributed by atoms with van der Waals surface area (Å²) in [6.45, 7) is 4.67. The van der Waals surface area contributed by atoms with Crippen LogP contribution in [0.25, 0.3) is 22.4 Å². The summed E-state index contributed by atoms with van der Waals surface area (Å²) in [6.07, 6.45) is 4.98. The van der Waals surface area contributed by atoms with Crippen LogP contribution in [-0.2, 0) is 16.2 Å². The van der Waals surface area contributed by atoms with Gasteiger partial charge in [0.1, 0.15) is 29.6 Å². The van der Waals surface area contributed by atoms with Gasteiger partial charge in [0.2, 0.25) is 0 Å². The molecule has 2 atom stereocenters. The van der Waals surface area contributed by atoms with Crippen molar-refractivity contribution in [3.8, 4) is 11.3 Å². The van der Waals surface area contributed by atoms with E-state index >= 15 is 0 Å². The molecule has 176 valence electrons. The molecule has 34 heavy (non-hydrogen) atoms. The third kappa shape index (κ3) is 4.38. The molecule has 0 bridgehead atoms. The van der Waals surface area contributed by atoms with Crippen molar-refractivity contribution in [1.82, 2.24) is 29.7 Å². The lowest BCUT2D eigenvalue weighted by atomic mass is 9.92. The molecule has 0 aliphatic carbocycles. The van der Waals surface area contributed by atoms with Crippen LogP contribution in [0.4, 0.5) is 4.39 Å². The molecule has 1 aliphatic rings. The number of fused-ring (bicyclic) bond motifs is 1. The summed E-state index contributed by atoms with van der Waals surface area (Å²) in [7, 11) is 1.62. The number of methoxy groups -OCH3 is 1. The summed E-state index contributed by atoms with van der Waals surface area (Å²) < 4.78 is 27.8. The molecular formula is C24H24ClFN6O2. The smallest absolute Gasteiger partial charge is 0.182 e. The first kappa shape index (κ1) is 22.8. The highest BCUT2D eigenvalue weighted by Gasteiger charge is 2.29. The Morgan fingerprint density at radius 2 is 2.00 bits per heavy atom. The van der Waals surface area contributed by atoms with E-state index in [1.165, 1.54) is 6.07 Å². The maximum absolute atomic E-state index is 14.9. The van der Waals surface area contributed by atoms with Crippen LogP contribution in [0.2, 0.25) is 5.02 Å². The Bertz CT molecular complexity index is 1360. The fraction of sp³-hybridized carbons (Fsp3) is 0.375. The Morgan fingerprint density at radius 1 is 1.18 bits per heavy atom. The molecule has 1 fully saturated rings. The van der Waals surface area contributed by atoms with Crippen LogP contribution in [-0.4, -0.2) is 43.4 Å². The Morgan fingerprint density at radius 3 is 2.79 bits per heavy atom. The van der Waals surface area contributed by atoms with Crippen molar-refractivity contribution in [2.45, 2.75) is 45.4 Å². The molecule has 5 rings (SSSR count). The molecule has 8 nitrogen and oxygen atoms in total. The number of ether oxygens (including phenoxy) is 2. The average Bonchev–Trinajstić information content (AvgIpc) is 3.29. The van der Waals surface area contributed by atoms with Crippen molar-refractivity contribution in [2.75, 3.05) is 13.7 Å². The third-order valence-electron chi connectivity index (χ3n) is 6.08. The van der Waals surface area contributed by atoms with Gasteiger partial charge >= 0.3 is 0 Å². The van der Waals surface area contributed by atoms with Gasteiger partial charge < -0.3 is 9.47 Å². The van der Waals surface area contributed by atoms with Gasteiger partial charge in [-0.05, 0) is 44.9 Å². The van der Waals surface area contributed by atoms with E-state index in [0.717, 1.165) is 23.4 Å². The Kier molecular flexibility index (Phi) is 6.24. The summed E-state index contributed by atoms with van der Waals surface area (Å²) in [5.41, 5.74) is 4.15. The van der Waals surface area contributed by atoms with E-state index < -0.39 is 5.82 Å². The van der Waals surface area contributed by atoms with E-state index in [0.29, 0.717) is 53.0 Å². The molecule has 10 heteroatoms. The number of hydrogen-bond donors (Lipinski definition) is 0. The summed E-state index contributed by atoms with van der Waals surface area (Å²) in [4.78, 5) is 18.9. The molecule has 1 aliphatic heterocycles. The predicted molar refractivity (Wildman–Crippen MR) is 125 cm³/mol. The van der Waals surface area contributed by atoms with E-state index in [-0.39, 0.29) is 12.0 Å². The maximum Gasteiger partial charge on any atom is 0.182 e. The highest BCUT2D eigenvalue weighted by atomic mass is 35.5. The van der Waals surface area contributed by atoms with Gasteiger partial charge in [-0.1, -0.05) is 11.6 Å². The van der Waals surface area contributed by atoms with Crippen molar-refractivity contribution in [3.05, 3.63) is 64.2 Å². The highest BCUT2D eigenvalue weighted by molar-refractivity contribution is 6.30. The zero-order valence-electron chi connectivity index (χ0n) is 19.1. The van der Waals surface area contributed by atoms with E-state index in [1.54, 1.807) is 30.1 Å². The Labute approximate surface area is 201 Å². The quantitative estimate of drug-likeness (QED) is 0.398. The fourth-order valence-corrected chi connectivity index (χ4v) is 4.35. The van der Waals surface area contributed by atoms with Crippen molar-refractivity contribution in [1.29, 1.82) is 0 Å². The van der Waals surface area contributed by atoms with Gasteiger partial charge in [-0.15, -0.1) is 0 Å². The van der Waals surface area contributed by atoms with Crippen LogP contribution in [0.5, 0.6) is 0 Å². The standard InChI is InChI=1S/C24H24ClFN6O2/c1-13-14(2)29-24-22(28-13)21(18-5-4-17(25)9-19(18)26)30-23(31-24)15-6-7-34-20(8-15)16-10-27-32(11-16)12-33-3/h4-5,9-11,15,20H,6-8,12H2,1-3H3/t15-,20+/m1/s1. The zero-order chi connectivity index (χ0) is 23.8. The molecule has 0 spiro atoms. The maximum atomic E-state index is 14.9. The first-order valence-electron chi connectivity index (χ1n) is 11.0. The van der Waals surface area contributed by atoms with E-state index in [1.807, 2.05) is 20.0 Å². The molecule has 1 aromatic carbocycles. The van der Waals surface area contributed by atoms with Crippen molar-refractivity contribution < 1.29 is 13.9 Å². The monoisotopic (exact) mass is 482 g/mol. The van der Waals surface area contributed by atoms with Crippen molar-refractivity contribution in [2.24, 2.45) is 0 Å². The van der Waals surface area contributed by atoms with Crippen molar-refractivity contribution in [3.63, 3.8) is 0 Å². The number of hydrogen-bond acceptors (Lipinski definition) is 7. The predicted octanol–water partition coefficient (Wildman–Crippen LogP) is 4.93. The number of aromatic nitrogens is 6. The molecule has 0 unspecified atom stereocenters. The SMILES string of the molecule is COCn1cc([C@@H]2C[C@H](c3nc(-c4ccc(Cl)cc4F)c4nc(C)c(C)nc4n3)CCO2)cn1. The molecule has 0 radical (unpaired) electrons. The molecule has 1 saturated heterocycles. The Balaban J connectivity index is 1.57. The number of halogens is 2. The van der Waals surface area contributed by atoms with Gasteiger partial charge in [-0.25, -0.2) is 29.0 Å². The lowest BCUT2D eigenvalue weighted by Crippen LogP contribution is -2.20. The molecule has 3 aromatic heterocycles. The van der Waals surface area contributed by atoms with Gasteiger partial charge in [0, 0.05) is 42.0 Å². The molecule has 0 N–H and O–H groups in total. The lowest BCUT2D eigenvalue weighted by molar-refractivity contribution is 0.00384. The van der Waals surface area contributed by atoms with Crippen LogP contribution >= 0.6 is 11.6 Å². The fourth-order valence-electron chi connectivity index (χ4n) is 4.19. The van der Waals surface area contributed by atoms with Crippen molar-refractivity contribution >= 4 is 22.8 Å². The number of benzene rings is 1. The molecule has 4 heterocycles. The third-order valence-corrected chi connectivity index (χ3v) is 6.32. The minimum atomic E-state index is -0.464. The summed E-state index contributed by atoms with van der Waals surface area (Å²) in [5, 5.41) is 4.64. The zero-order valence-corrected chi connectivity index (χ0v) is 19.9. The van der Waals surface area contributed by atoms with Crippen LogP contribution in [0.1, 0.15) is 47.6 Å². The molecule has 0 saturated carbocycles. The normalized spacial score (nSPS) is 18.5. The molecular weight excluding hydrogens is 459 g/mol. The second-order valence-electron chi connectivity index (χ2n) is 8.43. The van der Waals surface area contributed by atoms with Crippen LogP contribution in [0.15, 0.2) is 30.6 Å². The molecule has 0 amide bonds.